The molecule has 0 bridgehead atoms. The van der Waals surface area contributed by atoms with Crippen LogP contribution in [-0.4, -0.2) is 37.5 Å². The molecule has 0 N–H and O–H groups in total. The van der Waals surface area contributed by atoms with Crippen LogP contribution in [-0.2, 0) is 0 Å². The molecule has 1 heterocycles. The number of hydrogen-bond donors (Lipinski definition) is 0. The van der Waals surface area contributed by atoms with E-state index >= 15 is 0 Å². The quantitative estimate of drug-likeness (QED) is 0.546. The van der Waals surface area contributed by atoms with E-state index in [2.05, 4.69) is 6.92 Å². The zero-order valence-corrected chi connectivity index (χ0v) is 13.5. The summed E-state index contributed by atoms with van der Waals surface area (Å²) < 4.78 is 10.4. The van der Waals surface area contributed by atoms with E-state index in [1.54, 1.807) is 12.1 Å². The van der Waals surface area contributed by atoms with E-state index in [9.17, 15) is 9.59 Å². The van der Waals surface area contributed by atoms with Crippen molar-refractivity contribution in [2.75, 3.05) is 20.8 Å². The van der Waals surface area contributed by atoms with E-state index in [-0.39, 0.29) is 11.8 Å². The molecule has 0 radical (unpaired) electrons. The van der Waals surface area contributed by atoms with E-state index in [4.69, 9.17) is 9.47 Å². The van der Waals surface area contributed by atoms with E-state index in [1.807, 2.05) is 0 Å². The molecule has 0 unspecified atom stereocenters. The van der Waals surface area contributed by atoms with Crippen molar-refractivity contribution in [3.05, 3.63) is 23.3 Å². The van der Waals surface area contributed by atoms with Crippen LogP contribution in [0.3, 0.4) is 0 Å². The highest BCUT2D eigenvalue weighted by molar-refractivity contribution is 6.22. The number of hydrogen-bond acceptors (Lipinski definition) is 4. The largest absolute Gasteiger partial charge is 0.497 e. The lowest BCUT2D eigenvalue weighted by Gasteiger charge is -2.13. The summed E-state index contributed by atoms with van der Waals surface area (Å²) in [6.07, 6.45) is 5.36. The van der Waals surface area contributed by atoms with E-state index in [0.717, 1.165) is 19.3 Å². The van der Waals surface area contributed by atoms with Gasteiger partial charge in [-0.15, -0.1) is 0 Å². The normalized spacial score (nSPS) is 13.5. The topological polar surface area (TPSA) is 55.8 Å². The van der Waals surface area contributed by atoms with Gasteiger partial charge in [-0.2, -0.15) is 0 Å². The Hall–Kier alpha value is -2.04. The lowest BCUT2D eigenvalue weighted by molar-refractivity contribution is 0.0650. The molecule has 120 valence electrons. The first-order chi connectivity index (χ1) is 10.6. The summed E-state index contributed by atoms with van der Waals surface area (Å²) in [6.45, 7) is 2.62. The van der Waals surface area contributed by atoms with Gasteiger partial charge in [-0.1, -0.05) is 32.6 Å². The molecule has 1 aromatic carbocycles. The van der Waals surface area contributed by atoms with Gasteiger partial charge < -0.3 is 9.47 Å². The standard InChI is InChI=1S/C17H23NO4/c1-4-5-6-7-8-9-18-16(19)13-10-12(21-2)11-14(22-3)15(13)17(18)20/h10-11H,4-9H2,1-3H3. The van der Waals surface area contributed by atoms with Gasteiger partial charge in [-0.05, 0) is 12.5 Å². The maximum absolute atomic E-state index is 12.5. The van der Waals surface area contributed by atoms with Gasteiger partial charge in [0.15, 0.2) is 0 Å². The van der Waals surface area contributed by atoms with E-state index in [0.29, 0.717) is 29.2 Å². The van der Waals surface area contributed by atoms with Crippen molar-refractivity contribution in [3.8, 4) is 11.5 Å². The zero-order valence-electron chi connectivity index (χ0n) is 13.5. The first-order valence-corrected chi connectivity index (χ1v) is 7.76. The average molecular weight is 305 g/mol. The lowest BCUT2D eigenvalue weighted by atomic mass is 10.1. The van der Waals surface area contributed by atoms with Gasteiger partial charge in [-0.25, -0.2) is 0 Å². The van der Waals surface area contributed by atoms with Crippen molar-refractivity contribution in [2.45, 2.75) is 39.0 Å². The third-order valence-electron chi connectivity index (χ3n) is 3.95. The highest BCUT2D eigenvalue weighted by Gasteiger charge is 2.38. The van der Waals surface area contributed by atoms with Crippen LogP contribution in [0.1, 0.15) is 59.7 Å². The van der Waals surface area contributed by atoms with Crippen LogP contribution >= 0.6 is 0 Å². The molecule has 1 aromatic rings. The summed E-state index contributed by atoms with van der Waals surface area (Å²) in [5.74, 6) is 0.380. The van der Waals surface area contributed by atoms with Gasteiger partial charge in [0.05, 0.1) is 25.3 Å². The molecule has 22 heavy (non-hydrogen) atoms. The third-order valence-corrected chi connectivity index (χ3v) is 3.95. The third kappa shape index (κ3) is 3.08. The average Bonchev–Trinajstić information content (AvgIpc) is 2.78. The minimum Gasteiger partial charge on any atom is -0.497 e. The van der Waals surface area contributed by atoms with Crippen LogP contribution in [0.15, 0.2) is 12.1 Å². The van der Waals surface area contributed by atoms with Gasteiger partial charge >= 0.3 is 0 Å². The minimum atomic E-state index is -0.269. The molecule has 5 nitrogen and oxygen atoms in total. The molecule has 0 aliphatic carbocycles. The SMILES string of the molecule is CCCCCCCN1C(=O)c2cc(OC)cc(OC)c2C1=O. The van der Waals surface area contributed by atoms with Crippen LogP contribution in [0.25, 0.3) is 0 Å². The molecule has 0 fully saturated rings. The fourth-order valence-corrected chi connectivity index (χ4v) is 2.71. The highest BCUT2D eigenvalue weighted by atomic mass is 16.5. The second-order valence-corrected chi connectivity index (χ2v) is 5.43. The van der Waals surface area contributed by atoms with Crippen LogP contribution in [0.5, 0.6) is 11.5 Å². The summed E-state index contributed by atoms with van der Waals surface area (Å²) in [5.41, 5.74) is 0.719. The number of amides is 2. The molecule has 0 aromatic heterocycles. The van der Waals surface area contributed by atoms with Crippen LogP contribution in [0.2, 0.25) is 0 Å². The monoisotopic (exact) mass is 305 g/mol. The summed E-state index contributed by atoms with van der Waals surface area (Å²) >= 11 is 0. The first-order valence-electron chi connectivity index (χ1n) is 7.76. The first kappa shape index (κ1) is 16.3. The molecular formula is C17H23NO4. The van der Waals surface area contributed by atoms with E-state index < -0.39 is 0 Å². The molecule has 5 heteroatoms. The van der Waals surface area contributed by atoms with Crippen LogP contribution < -0.4 is 9.47 Å². The fourth-order valence-electron chi connectivity index (χ4n) is 2.71. The van der Waals surface area contributed by atoms with Gasteiger partial charge in [-0.3, -0.25) is 14.5 Å². The summed E-state index contributed by atoms with van der Waals surface area (Å²) in [5, 5.41) is 0. The van der Waals surface area contributed by atoms with Crippen molar-refractivity contribution in [2.24, 2.45) is 0 Å². The van der Waals surface area contributed by atoms with Gasteiger partial charge in [0, 0.05) is 12.6 Å². The number of fused-ring (bicyclic) bond motifs is 1. The summed E-state index contributed by atoms with van der Waals surface area (Å²) in [4.78, 5) is 26.3. The maximum Gasteiger partial charge on any atom is 0.265 e. The van der Waals surface area contributed by atoms with Crippen molar-refractivity contribution in [1.82, 2.24) is 4.90 Å². The number of imide groups is 1. The van der Waals surface area contributed by atoms with Gasteiger partial charge in [0.1, 0.15) is 11.5 Å². The van der Waals surface area contributed by atoms with Crippen LogP contribution in [0, 0.1) is 0 Å². The minimum absolute atomic E-state index is 0.257. The second-order valence-electron chi connectivity index (χ2n) is 5.43. The maximum atomic E-state index is 12.5. The molecule has 0 spiro atoms. The number of carbonyl (C=O) groups excluding carboxylic acids is 2. The van der Waals surface area contributed by atoms with Crippen molar-refractivity contribution in [1.29, 1.82) is 0 Å². The number of benzene rings is 1. The number of unbranched alkanes of at least 4 members (excludes halogenated alkanes) is 4. The molecule has 0 saturated heterocycles. The van der Waals surface area contributed by atoms with Gasteiger partial charge in [0.25, 0.3) is 11.8 Å². The predicted molar refractivity (Wildman–Crippen MR) is 83.7 cm³/mol. The molecule has 0 saturated carbocycles. The number of rotatable bonds is 8. The highest BCUT2D eigenvalue weighted by Crippen LogP contribution is 2.35. The number of nitrogens with zero attached hydrogens (tertiary/aromatic N) is 1. The van der Waals surface area contributed by atoms with Crippen molar-refractivity contribution < 1.29 is 19.1 Å². The Bertz CT molecular complexity index is 568. The predicted octanol–water partition coefficient (Wildman–Crippen LogP) is 3.27. The lowest BCUT2D eigenvalue weighted by Crippen LogP contribution is -2.30. The van der Waals surface area contributed by atoms with E-state index in [1.165, 1.54) is 32.0 Å². The number of methoxy groups -OCH3 is 2. The Morgan fingerprint density at radius 3 is 2.32 bits per heavy atom. The van der Waals surface area contributed by atoms with Crippen molar-refractivity contribution in [3.63, 3.8) is 0 Å². The molecular weight excluding hydrogens is 282 g/mol. The zero-order chi connectivity index (χ0) is 16.1. The van der Waals surface area contributed by atoms with Crippen molar-refractivity contribution >= 4 is 11.8 Å². The molecule has 0 atom stereocenters. The Labute approximate surface area is 131 Å². The summed E-state index contributed by atoms with van der Waals surface area (Å²) in [7, 11) is 3.01. The Kier molecular flexibility index (Phi) is 5.41. The molecule has 1 aliphatic rings. The molecule has 2 rings (SSSR count). The number of carbonyl (C=O) groups is 2. The Morgan fingerprint density at radius 1 is 0.955 bits per heavy atom. The van der Waals surface area contributed by atoms with Crippen LogP contribution in [0.4, 0.5) is 0 Å². The smallest absolute Gasteiger partial charge is 0.265 e. The van der Waals surface area contributed by atoms with Gasteiger partial charge in [0.2, 0.25) is 0 Å². The molecule has 2 amide bonds. The number of ether oxygens (including phenoxy) is 2. The Balaban J connectivity index is 2.14. The molecule has 1 aliphatic heterocycles. The fraction of sp³-hybridized carbons (Fsp3) is 0.529. The Morgan fingerprint density at radius 2 is 1.68 bits per heavy atom. The second kappa shape index (κ2) is 7.29. The summed E-state index contributed by atoms with van der Waals surface area (Å²) in [6, 6.07) is 3.24.